The van der Waals surface area contributed by atoms with Crippen molar-refractivity contribution in [3.8, 4) is 0 Å². The Bertz CT molecular complexity index is 408. The van der Waals surface area contributed by atoms with Crippen molar-refractivity contribution in [2.24, 2.45) is 0 Å². The number of aromatic amines is 1. The van der Waals surface area contributed by atoms with Gasteiger partial charge in [-0.1, -0.05) is 0 Å². The SMILES string of the molecule is CN(C)/C=C/C(=O)c1[nH]ncc1[N+](=O)[O-]. The molecule has 1 heterocycles. The van der Waals surface area contributed by atoms with Gasteiger partial charge in [-0.05, 0) is 0 Å². The highest BCUT2D eigenvalue weighted by molar-refractivity contribution is 6.05. The van der Waals surface area contributed by atoms with Gasteiger partial charge in [-0.25, -0.2) is 0 Å². The maximum Gasteiger partial charge on any atom is 0.318 e. The van der Waals surface area contributed by atoms with E-state index in [2.05, 4.69) is 10.2 Å². The van der Waals surface area contributed by atoms with Crippen molar-refractivity contribution < 1.29 is 9.72 Å². The molecule has 0 aromatic carbocycles. The maximum absolute atomic E-state index is 11.4. The lowest BCUT2D eigenvalue weighted by atomic mass is 10.2. The summed E-state index contributed by atoms with van der Waals surface area (Å²) in [4.78, 5) is 22.9. The highest BCUT2D eigenvalue weighted by Gasteiger charge is 2.20. The smallest absolute Gasteiger partial charge is 0.318 e. The molecule has 1 rings (SSSR count). The third-order valence-corrected chi connectivity index (χ3v) is 1.59. The van der Waals surface area contributed by atoms with E-state index in [9.17, 15) is 14.9 Å². The van der Waals surface area contributed by atoms with E-state index in [0.717, 1.165) is 6.20 Å². The molecule has 0 spiro atoms. The van der Waals surface area contributed by atoms with E-state index in [0.29, 0.717) is 0 Å². The molecule has 0 radical (unpaired) electrons. The first kappa shape index (κ1) is 10.9. The first-order valence-corrected chi connectivity index (χ1v) is 4.09. The fourth-order valence-electron chi connectivity index (χ4n) is 0.900. The summed E-state index contributed by atoms with van der Waals surface area (Å²) in [6.45, 7) is 0. The van der Waals surface area contributed by atoms with Crippen LogP contribution in [0.25, 0.3) is 0 Å². The van der Waals surface area contributed by atoms with Crippen molar-refractivity contribution >= 4 is 11.5 Å². The number of rotatable bonds is 4. The van der Waals surface area contributed by atoms with Gasteiger partial charge in [-0.2, -0.15) is 5.10 Å². The Morgan fingerprint density at radius 1 is 1.67 bits per heavy atom. The van der Waals surface area contributed by atoms with Crippen molar-refractivity contribution in [2.75, 3.05) is 14.1 Å². The Morgan fingerprint density at radius 3 is 2.87 bits per heavy atom. The first-order chi connectivity index (χ1) is 7.02. The molecular formula is C8H10N4O3. The standard InChI is InChI=1S/C8H10N4O3/c1-11(2)4-3-7(13)8-6(12(14)15)5-9-10-8/h3-5H,1-2H3,(H,9,10)/b4-3+. The molecule has 0 atom stereocenters. The second-order valence-electron chi connectivity index (χ2n) is 3.03. The summed E-state index contributed by atoms with van der Waals surface area (Å²) < 4.78 is 0. The number of nitrogens with zero attached hydrogens (tertiary/aromatic N) is 3. The normalized spacial score (nSPS) is 10.5. The van der Waals surface area contributed by atoms with Crippen LogP contribution >= 0.6 is 0 Å². The monoisotopic (exact) mass is 210 g/mol. The van der Waals surface area contributed by atoms with E-state index in [4.69, 9.17) is 0 Å². The minimum absolute atomic E-state index is 0.113. The lowest BCUT2D eigenvalue weighted by molar-refractivity contribution is -0.385. The van der Waals surface area contributed by atoms with Crippen molar-refractivity contribution in [2.45, 2.75) is 0 Å². The first-order valence-electron chi connectivity index (χ1n) is 4.09. The highest BCUT2D eigenvalue weighted by atomic mass is 16.6. The molecule has 1 N–H and O–H groups in total. The van der Waals surface area contributed by atoms with Crippen molar-refractivity contribution in [1.82, 2.24) is 15.1 Å². The largest absolute Gasteiger partial charge is 0.383 e. The molecule has 7 heteroatoms. The Hall–Kier alpha value is -2.18. The van der Waals surface area contributed by atoms with Crippen LogP contribution in [-0.2, 0) is 0 Å². The molecule has 80 valence electrons. The summed E-state index contributed by atoms with van der Waals surface area (Å²) in [6.07, 6.45) is 3.75. The summed E-state index contributed by atoms with van der Waals surface area (Å²) in [5.41, 5.74) is -0.429. The molecule has 0 fully saturated rings. The molecule has 7 nitrogen and oxygen atoms in total. The van der Waals surface area contributed by atoms with Crippen LogP contribution in [0.15, 0.2) is 18.5 Å². The van der Waals surface area contributed by atoms with Gasteiger partial charge in [0, 0.05) is 26.4 Å². The van der Waals surface area contributed by atoms with Crippen LogP contribution in [0.5, 0.6) is 0 Å². The second-order valence-corrected chi connectivity index (χ2v) is 3.03. The zero-order chi connectivity index (χ0) is 11.4. The Kier molecular flexibility index (Phi) is 3.17. The molecule has 0 aliphatic heterocycles. The van der Waals surface area contributed by atoms with Gasteiger partial charge in [0.2, 0.25) is 5.78 Å². The fourth-order valence-corrected chi connectivity index (χ4v) is 0.900. The number of hydrogen-bond donors (Lipinski definition) is 1. The fraction of sp³-hybridized carbons (Fsp3) is 0.250. The van der Waals surface area contributed by atoms with Crippen LogP contribution in [0.4, 0.5) is 5.69 Å². The predicted octanol–water partition coefficient (Wildman–Crippen LogP) is 0.576. The lowest BCUT2D eigenvalue weighted by Crippen LogP contribution is -2.04. The average Bonchev–Trinajstić information content (AvgIpc) is 2.62. The summed E-state index contributed by atoms with van der Waals surface area (Å²) >= 11 is 0. The van der Waals surface area contributed by atoms with Crippen LogP contribution in [0.3, 0.4) is 0 Å². The van der Waals surface area contributed by atoms with Crippen LogP contribution in [0.1, 0.15) is 10.5 Å². The highest BCUT2D eigenvalue weighted by Crippen LogP contribution is 2.15. The second kappa shape index (κ2) is 4.36. The molecule has 1 aromatic heterocycles. The van der Waals surface area contributed by atoms with Crippen LogP contribution in [-0.4, -0.2) is 39.9 Å². The van der Waals surface area contributed by atoms with Gasteiger partial charge < -0.3 is 4.90 Å². The average molecular weight is 210 g/mol. The van der Waals surface area contributed by atoms with E-state index < -0.39 is 10.7 Å². The molecule has 0 saturated heterocycles. The maximum atomic E-state index is 11.4. The van der Waals surface area contributed by atoms with E-state index in [1.165, 1.54) is 12.3 Å². The van der Waals surface area contributed by atoms with E-state index >= 15 is 0 Å². The Balaban J connectivity index is 2.92. The molecule has 0 bridgehead atoms. The van der Waals surface area contributed by atoms with Gasteiger partial charge in [0.15, 0.2) is 5.69 Å². The van der Waals surface area contributed by atoms with Crippen molar-refractivity contribution in [1.29, 1.82) is 0 Å². The van der Waals surface area contributed by atoms with Crippen LogP contribution in [0, 0.1) is 10.1 Å². The van der Waals surface area contributed by atoms with E-state index in [1.54, 1.807) is 19.0 Å². The molecule has 0 unspecified atom stereocenters. The zero-order valence-electron chi connectivity index (χ0n) is 8.30. The minimum Gasteiger partial charge on any atom is -0.383 e. The number of nitro groups is 1. The van der Waals surface area contributed by atoms with Gasteiger partial charge in [0.25, 0.3) is 0 Å². The number of nitrogens with one attached hydrogen (secondary N) is 1. The van der Waals surface area contributed by atoms with Gasteiger partial charge in [-0.3, -0.25) is 20.0 Å². The van der Waals surface area contributed by atoms with Crippen LogP contribution in [0.2, 0.25) is 0 Å². The van der Waals surface area contributed by atoms with Gasteiger partial charge in [0.1, 0.15) is 6.20 Å². The molecular weight excluding hydrogens is 200 g/mol. The molecule has 0 saturated carbocycles. The van der Waals surface area contributed by atoms with Gasteiger partial charge in [0.05, 0.1) is 4.92 Å². The molecule has 0 aliphatic rings. The van der Waals surface area contributed by atoms with Gasteiger partial charge >= 0.3 is 5.69 Å². The summed E-state index contributed by atoms with van der Waals surface area (Å²) in [5.74, 6) is -0.479. The zero-order valence-corrected chi connectivity index (χ0v) is 8.30. The predicted molar refractivity (Wildman–Crippen MR) is 52.4 cm³/mol. The van der Waals surface area contributed by atoms with Crippen LogP contribution < -0.4 is 0 Å². The number of hydrogen-bond acceptors (Lipinski definition) is 5. The number of carbonyl (C=O) groups is 1. The molecule has 0 aliphatic carbocycles. The molecule has 1 aromatic rings. The number of H-pyrrole nitrogens is 1. The Morgan fingerprint density at radius 2 is 2.33 bits per heavy atom. The van der Waals surface area contributed by atoms with E-state index in [-0.39, 0.29) is 11.4 Å². The minimum atomic E-state index is -0.653. The number of aromatic nitrogens is 2. The third kappa shape index (κ3) is 2.63. The summed E-state index contributed by atoms with van der Waals surface area (Å²) in [6, 6.07) is 0. The quantitative estimate of drug-likeness (QED) is 0.339. The lowest BCUT2D eigenvalue weighted by Gasteiger charge is -2.01. The Labute approximate surface area is 85.5 Å². The summed E-state index contributed by atoms with van der Waals surface area (Å²) in [5, 5.41) is 16.2. The number of ketones is 1. The topological polar surface area (TPSA) is 92.1 Å². The summed E-state index contributed by atoms with van der Waals surface area (Å²) in [7, 11) is 3.48. The third-order valence-electron chi connectivity index (χ3n) is 1.59. The van der Waals surface area contributed by atoms with Crippen molar-refractivity contribution in [3.63, 3.8) is 0 Å². The van der Waals surface area contributed by atoms with Gasteiger partial charge in [-0.15, -0.1) is 0 Å². The molecule has 0 amide bonds. The van der Waals surface area contributed by atoms with Crippen molar-refractivity contribution in [3.05, 3.63) is 34.3 Å². The number of allylic oxidation sites excluding steroid dienone is 1. The number of carbonyl (C=O) groups excluding carboxylic acids is 1. The van der Waals surface area contributed by atoms with E-state index in [1.807, 2.05) is 0 Å². The molecule has 15 heavy (non-hydrogen) atoms.